The lowest BCUT2D eigenvalue weighted by atomic mass is 10.1. The fraction of sp³-hybridized carbons (Fsp3) is 0.0833. The van der Waals surface area contributed by atoms with Gasteiger partial charge < -0.3 is 4.74 Å². The highest BCUT2D eigenvalue weighted by Gasteiger charge is 2.03. The van der Waals surface area contributed by atoms with Crippen molar-refractivity contribution in [3.63, 3.8) is 0 Å². The fourth-order valence-corrected chi connectivity index (χ4v) is 2.21. The molecule has 2 aromatic carbocycles. The Morgan fingerprint density at radius 3 is 2.67 bits per heavy atom. The van der Waals surface area contributed by atoms with Crippen molar-refractivity contribution in [1.29, 1.82) is 0 Å². The van der Waals surface area contributed by atoms with Gasteiger partial charge in [0.05, 0.1) is 10.7 Å². The molecule has 0 unspecified atom stereocenters. The Bertz CT molecular complexity index is 520. The second-order valence-corrected chi connectivity index (χ2v) is 4.37. The molecule has 2 nitrogen and oxygen atoms in total. The Labute approximate surface area is 101 Å². The standard InChI is InChI=1S/C12H9IO2/c1-15-12-6-9-3-2-8(7-14)4-10(9)5-11(12)13/h2-7H,1H3. The summed E-state index contributed by atoms with van der Waals surface area (Å²) in [7, 11) is 1.66. The smallest absolute Gasteiger partial charge is 0.150 e. The number of benzene rings is 2. The van der Waals surface area contributed by atoms with Crippen LogP contribution in [0.1, 0.15) is 10.4 Å². The van der Waals surface area contributed by atoms with E-state index in [1.807, 2.05) is 30.3 Å². The van der Waals surface area contributed by atoms with E-state index >= 15 is 0 Å². The molecule has 0 bridgehead atoms. The topological polar surface area (TPSA) is 26.3 Å². The maximum Gasteiger partial charge on any atom is 0.150 e. The molecule has 15 heavy (non-hydrogen) atoms. The van der Waals surface area contributed by atoms with E-state index in [9.17, 15) is 4.79 Å². The Kier molecular flexibility index (Phi) is 2.90. The van der Waals surface area contributed by atoms with Gasteiger partial charge in [0.2, 0.25) is 0 Å². The molecule has 0 heterocycles. The molecular formula is C12H9IO2. The summed E-state index contributed by atoms with van der Waals surface area (Å²) in [4.78, 5) is 10.6. The number of rotatable bonds is 2. The molecule has 0 aliphatic carbocycles. The van der Waals surface area contributed by atoms with Crippen molar-refractivity contribution in [2.45, 2.75) is 0 Å². The largest absolute Gasteiger partial charge is 0.496 e. The van der Waals surface area contributed by atoms with Crippen LogP contribution in [0.3, 0.4) is 0 Å². The van der Waals surface area contributed by atoms with Gasteiger partial charge in [-0.3, -0.25) is 4.79 Å². The fourth-order valence-electron chi connectivity index (χ4n) is 1.50. The van der Waals surface area contributed by atoms with Crippen LogP contribution in [0.15, 0.2) is 30.3 Å². The highest BCUT2D eigenvalue weighted by molar-refractivity contribution is 14.1. The monoisotopic (exact) mass is 312 g/mol. The highest BCUT2D eigenvalue weighted by atomic mass is 127. The molecule has 2 aromatic rings. The summed E-state index contributed by atoms with van der Waals surface area (Å²) in [6, 6.07) is 9.61. The van der Waals surface area contributed by atoms with Gasteiger partial charge in [-0.05, 0) is 51.6 Å². The Morgan fingerprint density at radius 1 is 1.20 bits per heavy atom. The van der Waals surface area contributed by atoms with Crippen molar-refractivity contribution in [3.8, 4) is 5.75 Å². The zero-order chi connectivity index (χ0) is 10.8. The first-order valence-electron chi connectivity index (χ1n) is 4.47. The molecule has 0 aliphatic rings. The summed E-state index contributed by atoms with van der Waals surface area (Å²) in [5.74, 6) is 0.863. The third-order valence-corrected chi connectivity index (χ3v) is 3.11. The molecule has 0 fully saturated rings. The second-order valence-electron chi connectivity index (χ2n) is 3.21. The third-order valence-electron chi connectivity index (χ3n) is 2.27. The molecule has 0 atom stereocenters. The molecule has 0 saturated heterocycles. The van der Waals surface area contributed by atoms with Crippen LogP contribution >= 0.6 is 22.6 Å². The van der Waals surface area contributed by atoms with Gasteiger partial charge in [-0.25, -0.2) is 0 Å². The van der Waals surface area contributed by atoms with Crippen molar-refractivity contribution >= 4 is 39.6 Å². The van der Waals surface area contributed by atoms with E-state index in [2.05, 4.69) is 22.6 Å². The van der Waals surface area contributed by atoms with E-state index < -0.39 is 0 Å². The Balaban J connectivity index is 2.70. The number of carbonyl (C=O) groups is 1. The van der Waals surface area contributed by atoms with E-state index in [4.69, 9.17) is 4.74 Å². The molecule has 0 saturated carbocycles. The van der Waals surface area contributed by atoms with Gasteiger partial charge in [0.1, 0.15) is 12.0 Å². The van der Waals surface area contributed by atoms with E-state index in [-0.39, 0.29) is 0 Å². The van der Waals surface area contributed by atoms with E-state index in [0.717, 1.165) is 26.4 Å². The van der Waals surface area contributed by atoms with Crippen LogP contribution in [0.5, 0.6) is 5.75 Å². The molecule has 2 rings (SSSR count). The van der Waals surface area contributed by atoms with Crippen LogP contribution in [0.4, 0.5) is 0 Å². The third kappa shape index (κ3) is 1.97. The maximum absolute atomic E-state index is 10.6. The van der Waals surface area contributed by atoms with Gasteiger partial charge in [-0.15, -0.1) is 0 Å². The Hall–Kier alpha value is -1.10. The molecule has 0 N–H and O–H groups in total. The molecule has 76 valence electrons. The molecule has 0 spiro atoms. The highest BCUT2D eigenvalue weighted by Crippen LogP contribution is 2.27. The lowest BCUT2D eigenvalue weighted by Crippen LogP contribution is -1.88. The summed E-state index contributed by atoms with van der Waals surface area (Å²) < 4.78 is 6.28. The minimum Gasteiger partial charge on any atom is -0.496 e. The summed E-state index contributed by atoms with van der Waals surface area (Å²) in [6.07, 6.45) is 0.858. The van der Waals surface area contributed by atoms with E-state index in [1.165, 1.54) is 0 Å². The number of halogens is 1. The number of hydrogen-bond acceptors (Lipinski definition) is 2. The quantitative estimate of drug-likeness (QED) is 0.628. The minimum atomic E-state index is 0.698. The van der Waals surface area contributed by atoms with Gasteiger partial charge >= 0.3 is 0 Å². The zero-order valence-corrected chi connectivity index (χ0v) is 10.3. The number of ether oxygens (including phenoxy) is 1. The number of methoxy groups -OCH3 is 1. The van der Waals surface area contributed by atoms with Gasteiger partial charge in [0, 0.05) is 5.56 Å². The van der Waals surface area contributed by atoms with Gasteiger partial charge in [0.25, 0.3) is 0 Å². The number of hydrogen-bond donors (Lipinski definition) is 0. The first-order valence-corrected chi connectivity index (χ1v) is 5.55. The lowest BCUT2D eigenvalue weighted by molar-refractivity contribution is 0.112. The average Bonchev–Trinajstić information content (AvgIpc) is 2.27. The van der Waals surface area contributed by atoms with E-state index in [1.54, 1.807) is 7.11 Å². The first-order chi connectivity index (χ1) is 7.24. The summed E-state index contributed by atoms with van der Waals surface area (Å²) in [5, 5.41) is 2.14. The molecular weight excluding hydrogens is 303 g/mol. The van der Waals surface area contributed by atoms with Crippen molar-refractivity contribution in [2.24, 2.45) is 0 Å². The van der Waals surface area contributed by atoms with Gasteiger partial charge in [0.15, 0.2) is 0 Å². The van der Waals surface area contributed by atoms with Crippen LogP contribution in [0.2, 0.25) is 0 Å². The van der Waals surface area contributed by atoms with E-state index in [0.29, 0.717) is 5.56 Å². The van der Waals surface area contributed by atoms with Crippen molar-refractivity contribution in [1.82, 2.24) is 0 Å². The van der Waals surface area contributed by atoms with Crippen molar-refractivity contribution < 1.29 is 9.53 Å². The van der Waals surface area contributed by atoms with Crippen LogP contribution in [-0.2, 0) is 0 Å². The van der Waals surface area contributed by atoms with Gasteiger partial charge in [-0.2, -0.15) is 0 Å². The predicted octanol–water partition coefficient (Wildman–Crippen LogP) is 3.27. The molecule has 0 aromatic heterocycles. The van der Waals surface area contributed by atoms with Crippen LogP contribution < -0.4 is 4.74 Å². The first kappa shape index (κ1) is 10.4. The summed E-state index contributed by atoms with van der Waals surface area (Å²) in [6.45, 7) is 0. The van der Waals surface area contributed by atoms with Gasteiger partial charge in [-0.1, -0.05) is 12.1 Å². The molecule has 0 radical (unpaired) electrons. The number of aldehydes is 1. The minimum absolute atomic E-state index is 0.698. The zero-order valence-electron chi connectivity index (χ0n) is 8.16. The summed E-state index contributed by atoms with van der Waals surface area (Å²) >= 11 is 2.22. The molecule has 0 amide bonds. The second kappa shape index (κ2) is 4.18. The van der Waals surface area contributed by atoms with Crippen molar-refractivity contribution in [3.05, 3.63) is 39.5 Å². The van der Waals surface area contributed by atoms with Crippen LogP contribution in [-0.4, -0.2) is 13.4 Å². The summed E-state index contributed by atoms with van der Waals surface area (Å²) in [5.41, 5.74) is 0.698. The lowest BCUT2D eigenvalue weighted by Gasteiger charge is -2.05. The number of fused-ring (bicyclic) bond motifs is 1. The van der Waals surface area contributed by atoms with Crippen LogP contribution in [0.25, 0.3) is 10.8 Å². The normalized spacial score (nSPS) is 10.3. The Morgan fingerprint density at radius 2 is 2.00 bits per heavy atom. The molecule has 3 heteroatoms. The van der Waals surface area contributed by atoms with Crippen molar-refractivity contribution in [2.75, 3.05) is 7.11 Å². The van der Waals surface area contributed by atoms with Crippen LogP contribution in [0, 0.1) is 3.57 Å². The number of carbonyl (C=O) groups excluding carboxylic acids is 1. The average molecular weight is 312 g/mol. The molecule has 0 aliphatic heterocycles. The predicted molar refractivity (Wildman–Crippen MR) is 68.6 cm³/mol. The maximum atomic E-state index is 10.6. The SMILES string of the molecule is COc1cc2ccc(C=O)cc2cc1I.